The number of nitrogens with one attached hydrogen (secondary N) is 4. The summed E-state index contributed by atoms with van der Waals surface area (Å²) >= 11 is 0. The van der Waals surface area contributed by atoms with Gasteiger partial charge < -0.3 is 37.5 Å². The van der Waals surface area contributed by atoms with Gasteiger partial charge in [-0.25, -0.2) is 4.79 Å². The molecule has 0 fully saturated rings. The van der Waals surface area contributed by atoms with Crippen LogP contribution in [0.25, 0.3) is 10.9 Å². The highest BCUT2D eigenvalue weighted by molar-refractivity contribution is 5.91. The molecule has 11 nitrogen and oxygen atoms in total. The van der Waals surface area contributed by atoms with Gasteiger partial charge in [0.15, 0.2) is 0 Å². The Hall–Kier alpha value is -3.44. The fourth-order valence-corrected chi connectivity index (χ4v) is 3.15. The van der Waals surface area contributed by atoms with Gasteiger partial charge in [-0.3, -0.25) is 14.4 Å². The maximum atomic E-state index is 12.1. The van der Waals surface area contributed by atoms with Crippen molar-refractivity contribution >= 4 is 34.6 Å². The van der Waals surface area contributed by atoms with E-state index in [2.05, 4.69) is 20.9 Å². The van der Waals surface area contributed by atoms with E-state index >= 15 is 0 Å². The quantitative estimate of drug-likeness (QED) is 0.191. The number of nitrogens with two attached hydrogens (primary N) is 2. The highest BCUT2D eigenvalue weighted by Gasteiger charge is 2.22. The number of benzene rings is 1. The molecule has 9 N–H and O–H groups in total. The number of carbonyl (C=O) groups excluding carboxylic acids is 3. The molecule has 2 aromatic rings. The number of amides is 3. The molecule has 0 saturated carbocycles. The van der Waals surface area contributed by atoms with E-state index < -0.39 is 42.3 Å². The van der Waals surface area contributed by atoms with Gasteiger partial charge in [-0.15, -0.1) is 0 Å². The van der Waals surface area contributed by atoms with Crippen LogP contribution >= 0.6 is 0 Å². The predicted octanol–water partition coefficient (Wildman–Crippen LogP) is -1.03. The van der Waals surface area contributed by atoms with Crippen molar-refractivity contribution in [1.29, 1.82) is 0 Å². The topological polar surface area (TPSA) is 192 Å². The average molecular weight is 447 g/mol. The van der Waals surface area contributed by atoms with Crippen molar-refractivity contribution in [2.24, 2.45) is 11.5 Å². The normalized spacial score (nSPS) is 12.7. The van der Waals surface area contributed by atoms with Gasteiger partial charge in [0.25, 0.3) is 0 Å². The number of carbonyl (C=O) groups is 4. The Balaban J connectivity index is 1.77. The molecule has 174 valence electrons. The molecule has 3 amide bonds. The number of aromatic nitrogens is 1. The molecule has 11 heteroatoms. The number of aromatic amines is 1. The van der Waals surface area contributed by atoms with Crippen LogP contribution in [0, 0.1) is 0 Å². The average Bonchev–Trinajstić information content (AvgIpc) is 3.18. The van der Waals surface area contributed by atoms with Crippen LogP contribution in [0.1, 0.15) is 24.8 Å². The van der Waals surface area contributed by atoms with Crippen molar-refractivity contribution in [3.63, 3.8) is 0 Å². The van der Waals surface area contributed by atoms with Crippen molar-refractivity contribution < 1.29 is 24.3 Å². The molecule has 0 aliphatic carbocycles. The zero-order valence-electron chi connectivity index (χ0n) is 17.7. The summed E-state index contributed by atoms with van der Waals surface area (Å²) in [5, 5.41) is 17.5. The number of rotatable bonds is 13. The Labute approximate surface area is 185 Å². The summed E-state index contributed by atoms with van der Waals surface area (Å²) in [6.45, 7) is -0.243. The highest BCUT2D eigenvalue weighted by atomic mass is 16.4. The zero-order valence-corrected chi connectivity index (χ0v) is 17.7. The molecule has 2 unspecified atom stereocenters. The lowest BCUT2D eigenvalue weighted by atomic mass is 10.1. The molecule has 1 aromatic carbocycles. The SMILES string of the molecule is NCCCCC(N)C(=O)NCC(=O)NCC(=O)NC(Cc1c[nH]c2ccccc12)C(=O)O. The van der Waals surface area contributed by atoms with Gasteiger partial charge in [-0.05, 0) is 31.0 Å². The molecular formula is C21H30N6O5. The molecular weight excluding hydrogens is 416 g/mol. The summed E-state index contributed by atoms with van der Waals surface area (Å²) in [5.74, 6) is -2.90. The molecule has 0 aliphatic heterocycles. The van der Waals surface area contributed by atoms with E-state index in [0.29, 0.717) is 19.4 Å². The Bertz CT molecular complexity index is 944. The zero-order chi connectivity index (χ0) is 23.5. The van der Waals surface area contributed by atoms with Gasteiger partial charge in [0.2, 0.25) is 17.7 Å². The second-order valence-corrected chi connectivity index (χ2v) is 7.41. The number of fused-ring (bicyclic) bond motifs is 1. The standard InChI is InChI=1S/C21H30N6O5/c22-8-4-3-6-15(23)20(30)26-11-18(28)25-12-19(29)27-17(21(31)32)9-13-10-24-16-7-2-1-5-14(13)16/h1-2,5,7,10,15,17,24H,3-4,6,8-9,11-12,22-23H2,(H,25,28)(H,26,30)(H,27,29)(H,31,32). The first-order valence-corrected chi connectivity index (χ1v) is 10.4. The molecule has 0 spiro atoms. The minimum absolute atomic E-state index is 0.0805. The van der Waals surface area contributed by atoms with Crippen LogP contribution in [0.3, 0.4) is 0 Å². The van der Waals surface area contributed by atoms with E-state index in [1.165, 1.54) is 0 Å². The summed E-state index contributed by atoms with van der Waals surface area (Å²) in [6, 6.07) is 5.54. The summed E-state index contributed by atoms with van der Waals surface area (Å²) < 4.78 is 0. The van der Waals surface area contributed by atoms with E-state index in [0.717, 1.165) is 22.9 Å². The second-order valence-electron chi connectivity index (χ2n) is 7.41. The number of para-hydroxylation sites is 1. The van der Waals surface area contributed by atoms with Crippen LogP contribution in [-0.2, 0) is 25.6 Å². The fourth-order valence-electron chi connectivity index (χ4n) is 3.15. The minimum atomic E-state index is -1.19. The lowest BCUT2D eigenvalue weighted by molar-refractivity contribution is -0.141. The molecule has 0 radical (unpaired) electrons. The van der Waals surface area contributed by atoms with Gasteiger partial charge in [0, 0.05) is 23.5 Å². The maximum absolute atomic E-state index is 12.1. The summed E-state index contributed by atoms with van der Waals surface area (Å²) in [7, 11) is 0. The largest absolute Gasteiger partial charge is 0.480 e. The fraction of sp³-hybridized carbons (Fsp3) is 0.429. The minimum Gasteiger partial charge on any atom is -0.480 e. The van der Waals surface area contributed by atoms with Crippen LogP contribution in [0.5, 0.6) is 0 Å². The van der Waals surface area contributed by atoms with Crippen LogP contribution in [0.4, 0.5) is 0 Å². The van der Waals surface area contributed by atoms with Crippen molar-refractivity contribution in [3.8, 4) is 0 Å². The van der Waals surface area contributed by atoms with E-state index in [1.807, 2.05) is 24.3 Å². The first-order chi connectivity index (χ1) is 15.3. The third kappa shape index (κ3) is 7.67. The number of carboxylic acid groups (broad SMARTS) is 1. The van der Waals surface area contributed by atoms with Crippen LogP contribution < -0.4 is 27.4 Å². The molecule has 0 aliphatic rings. The number of carboxylic acids is 1. The Morgan fingerprint density at radius 2 is 1.75 bits per heavy atom. The van der Waals surface area contributed by atoms with Crippen molar-refractivity contribution in [2.45, 2.75) is 37.8 Å². The molecule has 32 heavy (non-hydrogen) atoms. The Morgan fingerprint density at radius 3 is 2.47 bits per heavy atom. The maximum Gasteiger partial charge on any atom is 0.326 e. The summed E-state index contributed by atoms with van der Waals surface area (Å²) in [6.07, 6.45) is 3.71. The van der Waals surface area contributed by atoms with Crippen molar-refractivity contribution in [2.75, 3.05) is 19.6 Å². The lowest BCUT2D eigenvalue weighted by Crippen LogP contribution is -2.49. The number of hydrogen-bond acceptors (Lipinski definition) is 6. The molecule has 0 bridgehead atoms. The third-order valence-corrected chi connectivity index (χ3v) is 4.91. The molecule has 0 saturated heterocycles. The third-order valence-electron chi connectivity index (χ3n) is 4.91. The van der Waals surface area contributed by atoms with Gasteiger partial charge in [0.05, 0.1) is 19.1 Å². The van der Waals surface area contributed by atoms with Gasteiger partial charge in [-0.1, -0.05) is 24.6 Å². The van der Waals surface area contributed by atoms with Crippen molar-refractivity contribution in [3.05, 3.63) is 36.0 Å². The molecule has 2 rings (SSSR count). The van der Waals surface area contributed by atoms with Gasteiger partial charge >= 0.3 is 5.97 Å². The highest BCUT2D eigenvalue weighted by Crippen LogP contribution is 2.19. The predicted molar refractivity (Wildman–Crippen MR) is 118 cm³/mol. The van der Waals surface area contributed by atoms with Gasteiger partial charge in [-0.2, -0.15) is 0 Å². The van der Waals surface area contributed by atoms with Crippen LogP contribution in [-0.4, -0.2) is 65.5 Å². The Morgan fingerprint density at radius 1 is 1.03 bits per heavy atom. The van der Waals surface area contributed by atoms with E-state index in [1.54, 1.807) is 6.20 Å². The number of aliphatic carboxylic acids is 1. The summed E-state index contributed by atoms with van der Waals surface area (Å²) in [5.41, 5.74) is 12.7. The van der Waals surface area contributed by atoms with E-state index in [4.69, 9.17) is 11.5 Å². The Kier molecular flexibility index (Phi) is 9.64. The smallest absolute Gasteiger partial charge is 0.326 e. The monoisotopic (exact) mass is 446 g/mol. The molecule has 1 aromatic heterocycles. The van der Waals surface area contributed by atoms with Crippen LogP contribution in [0.15, 0.2) is 30.5 Å². The van der Waals surface area contributed by atoms with E-state index in [9.17, 15) is 24.3 Å². The first-order valence-electron chi connectivity index (χ1n) is 10.4. The van der Waals surface area contributed by atoms with Crippen molar-refractivity contribution in [1.82, 2.24) is 20.9 Å². The first kappa shape index (κ1) is 24.8. The van der Waals surface area contributed by atoms with Crippen LogP contribution in [0.2, 0.25) is 0 Å². The van der Waals surface area contributed by atoms with Gasteiger partial charge in [0.1, 0.15) is 6.04 Å². The number of hydrogen-bond donors (Lipinski definition) is 7. The van der Waals surface area contributed by atoms with E-state index in [-0.39, 0.29) is 13.0 Å². The second kappa shape index (κ2) is 12.4. The number of H-pyrrole nitrogens is 1. The molecule has 2 atom stereocenters. The molecule has 1 heterocycles. The lowest BCUT2D eigenvalue weighted by Gasteiger charge is -2.15. The summed E-state index contributed by atoms with van der Waals surface area (Å²) in [4.78, 5) is 50.5. The number of unbranched alkanes of at least 4 members (excludes halogenated alkanes) is 1.